The number of nitrogens with one attached hydrogen (secondary N) is 1. The van der Waals surface area contributed by atoms with Gasteiger partial charge in [-0.25, -0.2) is 9.18 Å². The van der Waals surface area contributed by atoms with Crippen LogP contribution in [-0.2, 0) is 9.53 Å². The predicted molar refractivity (Wildman–Crippen MR) is 74.4 cm³/mol. The molecule has 1 aromatic carbocycles. The third-order valence-corrected chi connectivity index (χ3v) is 2.46. The molecule has 0 aromatic heterocycles. The summed E-state index contributed by atoms with van der Waals surface area (Å²) in [6.07, 6.45) is -6.07. The molecular formula is C14H16F4N2O4. The minimum absolute atomic E-state index is 0.166. The normalized spacial score (nSPS) is 13.1. The summed E-state index contributed by atoms with van der Waals surface area (Å²) in [7, 11) is 0. The summed E-state index contributed by atoms with van der Waals surface area (Å²) in [5.41, 5.74) is 4.10. The van der Waals surface area contributed by atoms with Crippen molar-refractivity contribution in [3.8, 4) is 5.75 Å². The fraction of sp³-hybridized carbons (Fsp3) is 0.429. The van der Waals surface area contributed by atoms with E-state index in [1.165, 1.54) is 0 Å². The van der Waals surface area contributed by atoms with Gasteiger partial charge in [-0.15, -0.1) is 13.2 Å². The SMILES string of the molecule is CC(C)(C)OC(=O)NC(C(N)=O)c1ccc(OC(F)(F)F)c(F)c1. The van der Waals surface area contributed by atoms with Gasteiger partial charge in [-0.2, -0.15) is 0 Å². The molecule has 1 unspecified atom stereocenters. The van der Waals surface area contributed by atoms with Crippen molar-refractivity contribution in [1.29, 1.82) is 0 Å². The molecule has 0 saturated heterocycles. The standard InChI is InChI=1S/C14H16F4N2O4/c1-13(2,3)24-12(22)20-10(11(19)21)7-4-5-9(8(15)6-7)23-14(16,17)18/h4-6,10H,1-3H3,(H2,19,21)(H,20,22). The number of carbonyl (C=O) groups excluding carboxylic acids is 2. The fourth-order valence-electron chi connectivity index (χ4n) is 1.65. The first-order valence-electron chi connectivity index (χ1n) is 6.62. The van der Waals surface area contributed by atoms with E-state index in [1.807, 2.05) is 0 Å². The van der Waals surface area contributed by atoms with Crippen LogP contribution >= 0.6 is 0 Å². The van der Waals surface area contributed by atoms with E-state index in [0.717, 1.165) is 6.07 Å². The number of ether oxygens (including phenoxy) is 2. The van der Waals surface area contributed by atoms with Gasteiger partial charge in [-0.3, -0.25) is 4.79 Å². The molecule has 0 saturated carbocycles. The van der Waals surface area contributed by atoms with Crippen molar-refractivity contribution in [1.82, 2.24) is 5.32 Å². The van der Waals surface area contributed by atoms with Gasteiger partial charge in [0.05, 0.1) is 0 Å². The number of hydrogen-bond donors (Lipinski definition) is 2. The monoisotopic (exact) mass is 352 g/mol. The first-order chi connectivity index (χ1) is 10.8. The first kappa shape index (κ1) is 19.5. The molecule has 24 heavy (non-hydrogen) atoms. The van der Waals surface area contributed by atoms with E-state index in [-0.39, 0.29) is 5.56 Å². The minimum Gasteiger partial charge on any atom is -0.444 e. The molecule has 0 heterocycles. The molecule has 6 nitrogen and oxygen atoms in total. The van der Waals surface area contributed by atoms with E-state index in [0.29, 0.717) is 12.1 Å². The van der Waals surface area contributed by atoms with E-state index < -0.39 is 41.6 Å². The molecule has 1 rings (SSSR count). The van der Waals surface area contributed by atoms with Crippen molar-refractivity contribution < 1.29 is 36.6 Å². The molecule has 0 bridgehead atoms. The Hall–Kier alpha value is -2.52. The molecule has 10 heteroatoms. The molecule has 0 aliphatic heterocycles. The van der Waals surface area contributed by atoms with Crippen LogP contribution in [0, 0.1) is 5.82 Å². The van der Waals surface area contributed by atoms with Crippen LogP contribution in [0.15, 0.2) is 18.2 Å². The highest BCUT2D eigenvalue weighted by molar-refractivity contribution is 5.85. The quantitative estimate of drug-likeness (QED) is 0.815. The van der Waals surface area contributed by atoms with E-state index in [9.17, 15) is 27.2 Å². The van der Waals surface area contributed by atoms with Crippen LogP contribution in [0.1, 0.15) is 32.4 Å². The highest BCUT2D eigenvalue weighted by atomic mass is 19.4. The van der Waals surface area contributed by atoms with E-state index in [2.05, 4.69) is 10.1 Å². The van der Waals surface area contributed by atoms with Crippen molar-refractivity contribution in [3.63, 3.8) is 0 Å². The second kappa shape index (κ2) is 6.93. The lowest BCUT2D eigenvalue weighted by molar-refractivity contribution is -0.275. The van der Waals surface area contributed by atoms with E-state index in [4.69, 9.17) is 10.5 Å². The van der Waals surface area contributed by atoms with Crippen LogP contribution in [0.4, 0.5) is 22.4 Å². The topological polar surface area (TPSA) is 90.6 Å². The number of benzene rings is 1. The zero-order chi connectivity index (χ0) is 18.7. The summed E-state index contributed by atoms with van der Waals surface area (Å²) in [4.78, 5) is 23.1. The van der Waals surface area contributed by atoms with Gasteiger partial charge in [0.1, 0.15) is 11.6 Å². The lowest BCUT2D eigenvalue weighted by Crippen LogP contribution is -2.40. The molecule has 1 aromatic rings. The van der Waals surface area contributed by atoms with Crippen LogP contribution < -0.4 is 15.8 Å². The maximum atomic E-state index is 13.7. The Balaban J connectivity index is 3.00. The van der Waals surface area contributed by atoms with E-state index in [1.54, 1.807) is 20.8 Å². The Kier molecular flexibility index (Phi) is 5.64. The average molecular weight is 352 g/mol. The maximum absolute atomic E-state index is 13.7. The van der Waals surface area contributed by atoms with Crippen molar-refractivity contribution >= 4 is 12.0 Å². The molecule has 0 aliphatic carbocycles. The summed E-state index contributed by atoms with van der Waals surface area (Å²) in [6, 6.07) is 0.754. The van der Waals surface area contributed by atoms with Crippen molar-refractivity contribution in [2.75, 3.05) is 0 Å². The molecule has 134 valence electrons. The fourth-order valence-corrected chi connectivity index (χ4v) is 1.65. The number of rotatable bonds is 4. The van der Waals surface area contributed by atoms with Gasteiger partial charge in [-0.05, 0) is 38.5 Å². The van der Waals surface area contributed by atoms with Gasteiger partial charge in [0.2, 0.25) is 5.91 Å². The third kappa shape index (κ3) is 6.31. The molecular weight excluding hydrogens is 336 g/mol. The van der Waals surface area contributed by atoms with E-state index >= 15 is 0 Å². The zero-order valence-corrected chi connectivity index (χ0v) is 13.0. The van der Waals surface area contributed by atoms with Crippen LogP contribution in [0.25, 0.3) is 0 Å². The Bertz CT molecular complexity index is 626. The van der Waals surface area contributed by atoms with Crippen LogP contribution in [-0.4, -0.2) is 24.0 Å². The number of primary amides is 1. The molecule has 0 aliphatic rings. The van der Waals surface area contributed by atoms with Crippen molar-refractivity contribution in [2.45, 2.75) is 38.8 Å². The first-order valence-corrected chi connectivity index (χ1v) is 6.62. The largest absolute Gasteiger partial charge is 0.573 e. The number of hydrogen-bond acceptors (Lipinski definition) is 4. The highest BCUT2D eigenvalue weighted by Gasteiger charge is 2.33. The Morgan fingerprint density at radius 3 is 2.21 bits per heavy atom. The molecule has 0 radical (unpaired) electrons. The average Bonchev–Trinajstić information content (AvgIpc) is 2.34. The number of halogens is 4. The van der Waals surface area contributed by atoms with Gasteiger partial charge >= 0.3 is 12.5 Å². The highest BCUT2D eigenvalue weighted by Crippen LogP contribution is 2.27. The van der Waals surface area contributed by atoms with Gasteiger partial charge in [0, 0.05) is 0 Å². The summed E-state index contributed by atoms with van der Waals surface area (Å²) in [5.74, 6) is -3.50. The van der Waals surface area contributed by atoms with Crippen LogP contribution in [0.2, 0.25) is 0 Å². The zero-order valence-electron chi connectivity index (χ0n) is 13.0. The Morgan fingerprint density at radius 1 is 1.21 bits per heavy atom. The second-order valence-electron chi connectivity index (χ2n) is 5.72. The maximum Gasteiger partial charge on any atom is 0.573 e. The summed E-state index contributed by atoms with van der Waals surface area (Å²) in [6.45, 7) is 4.73. The Morgan fingerprint density at radius 2 is 1.79 bits per heavy atom. The van der Waals surface area contributed by atoms with Crippen LogP contribution in [0.3, 0.4) is 0 Å². The molecule has 1 atom stereocenters. The van der Waals surface area contributed by atoms with Gasteiger partial charge < -0.3 is 20.5 Å². The Labute approximate surface area is 134 Å². The van der Waals surface area contributed by atoms with Crippen molar-refractivity contribution in [3.05, 3.63) is 29.6 Å². The summed E-state index contributed by atoms with van der Waals surface area (Å²) < 4.78 is 58.4. The molecule has 0 spiro atoms. The van der Waals surface area contributed by atoms with Crippen molar-refractivity contribution in [2.24, 2.45) is 5.73 Å². The number of alkyl halides is 3. The number of alkyl carbamates (subject to hydrolysis) is 1. The second-order valence-corrected chi connectivity index (χ2v) is 5.72. The van der Waals surface area contributed by atoms with Gasteiger partial charge in [-0.1, -0.05) is 6.07 Å². The summed E-state index contributed by atoms with van der Waals surface area (Å²) in [5, 5.41) is 2.12. The third-order valence-electron chi connectivity index (χ3n) is 2.46. The van der Waals surface area contributed by atoms with Gasteiger partial charge in [0.25, 0.3) is 0 Å². The molecule has 0 fully saturated rings. The number of amides is 2. The number of nitrogens with two attached hydrogens (primary N) is 1. The number of carbonyl (C=O) groups is 2. The summed E-state index contributed by atoms with van der Waals surface area (Å²) >= 11 is 0. The minimum atomic E-state index is -5.07. The smallest absolute Gasteiger partial charge is 0.444 e. The lowest BCUT2D eigenvalue weighted by Gasteiger charge is -2.22. The molecule has 3 N–H and O–H groups in total. The van der Waals surface area contributed by atoms with Crippen LogP contribution in [0.5, 0.6) is 5.75 Å². The molecule has 2 amide bonds. The predicted octanol–water partition coefficient (Wildman–Crippen LogP) is 2.78. The lowest BCUT2D eigenvalue weighted by atomic mass is 10.1. The van der Waals surface area contributed by atoms with Gasteiger partial charge in [0.15, 0.2) is 11.6 Å².